The zero-order valence-corrected chi connectivity index (χ0v) is 9.26. The van der Waals surface area contributed by atoms with Crippen LogP contribution in [0.4, 0.5) is 0 Å². The standard InChI is InChI=1S/C11H10ClNO2/c1-3-7-4-8(12)5-9(10(7)6-13)11(14)15-2/h4-5H,3H2,1-2H3. The van der Waals surface area contributed by atoms with E-state index >= 15 is 0 Å². The number of halogens is 1. The summed E-state index contributed by atoms with van der Waals surface area (Å²) in [5.74, 6) is -0.538. The highest BCUT2D eigenvalue weighted by atomic mass is 35.5. The molecule has 0 aliphatic rings. The Morgan fingerprint density at radius 3 is 2.73 bits per heavy atom. The van der Waals surface area contributed by atoms with Gasteiger partial charge in [0.05, 0.1) is 18.2 Å². The van der Waals surface area contributed by atoms with Crippen molar-refractivity contribution >= 4 is 17.6 Å². The first-order valence-corrected chi connectivity index (χ1v) is 4.82. The minimum Gasteiger partial charge on any atom is -0.465 e. The summed E-state index contributed by atoms with van der Waals surface area (Å²) < 4.78 is 4.58. The lowest BCUT2D eigenvalue weighted by Gasteiger charge is -2.07. The lowest BCUT2D eigenvalue weighted by Crippen LogP contribution is -2.06. The predicted octanol–water partition coefficient (Wildman–Crippen LogP) is 2.56. The van der Waals surface area contributed by atoms with Crippen molar-refractivity contribution in [3.8, 4) is 6.07 Å². The van der Waals surface area contributed by atoms with E-state index in [0.29, 0.717) is 17.0 Å². The molecule has 3 nitrogen and oxygen atoms in total. The van der Waals surface area contributed by atoms with Gasteiger partial charge in [0.15, 0.2) is 0 Å². The number of nitriles is 1. The summed E-state index contributed by atoms with van der Waals surface area (Å²) in [5, 5.41) is 9.40. The second-order valence-electron chi connectivity index (χ2n) is 2.94. The van der Waals surface area contributed by atoms with Gasteiger partial charge in [-0.3, -0.25) is 0 Å². The summed E-state index contributed by atoms with van der Waals surface area (Å²) in [7, 11) is 1.27. The average molecular weight is 224 g/mol. The van der Waals surface area contributed by atoms with Crippen LogP contribution < -0.4 is 0 Å². The molecule has 0 radical (unpaired) electrons. The number of carbonyl (C=O) groups excluding carboxylic acids is 1. The van der Waals surface area contributed by atoms with E-state index in [2.05, 4.69) is 4.74 Å². The Labute approximate surface area is 93.2 Å². The fraction of sp³-hybridized carbons (Fsp3) is 0.273. The third-order valence-corrected chi connectivity index (χ3v) is 2.30. The van der Waals surface area contributed by atoms with Gasteiger partial charge in [-0.25, -0.2) is 4.79 Å². The Bertz CT molecular complexity index is 435. The molecule has 0 aromatic heterocycles. The van der Waals surface area contributed by atoms with Gasteiger partial charge >= 0.3 is 5.97 Å². The zero-order chi connectivity index (χ0) is 11.4. The third-order valence-electron chi connectivity index (χ3n) is 2.08. The maximum Gasteiger partial charge on any atom is 0.339 e. The lowest BCUT2D eigenvalue weighted by molar-refractivity contribution is 0.0600. The van der Waals surface area contributed by atoms with Crippen molar-refractivity contribution in [3.63, 3.8) is 0 Å². The Balaban J connectivity index is 3.43. The summed E-state index contributed by atoms with van der Waals surface area (Å²) >= 11 is 5.84. The highest BCUT2D eigenvalue weighted by Crippen LogP contribution is 2.21. The number of esters is 1. The van der Waals surface area contributed by atoms with Crippen molar-refractivity contribution in [1.82, 2.24) is 0 Å². The van der Waals surface area contributed by atoms with Gasteiger partial charge in [0.1, 0.15) is 6.07 Å². The van der Waals surface area contributed by atoms with Gasteiger partial charge in [-0.15, -0.1) is 0 Å². The Kier molecular flexibility index (Phi) is 3.70. The van der Waals surface area contributed by atoms with E-state index in [1.807, 2.05) is 13.0 Å². The van der Waals surface area contributed by atoms with Gasteiger partial charge in [-0.1, -0.05) is 18.5 Å². The minimum absolute atomic E-state index is 0.226. The van der Waals surface area contributed by atoms with E-state index in [1.165, 1.54) is 13.2 Å². The fourth-order valence-corrected chi connectivity index (χ4v) is 1.59. The number of nitrogens with zero attached hydrogens (tertiary/aromatic N) is 1. The Morgan fingerprint density at radius 2 is 2.27 bits per heavy atom. The lowest BCUT2D eigenvalue weighted by atomic mass is 10.0. The van der Waals surface area contributed by atoms with Crippen LogP contribution in [0.15, 0.2) is 12.1 Å². The molecular weight excluding hydrogens is 214 g/mol. The van der Waals surface area contributed by atoms with E-state index in [1.54, 1.807) is 6.07 Å². The summed E-state index contributed by atoms with van der Waals surface area (Å²) in [4.78, 5) is 11.4. The zero-order valence-electron chi connectivity index (χ0n) is 8.50. The van der Waals surface area contributed by atoms with Crippen molar-refractivity contribution in [1.29, 1.82) is 5.26 Å². The van der Waals surface area contributed by atoms with E-state index < -0.39 is 5.97 Å². The third kappa shape index (κ3) is 2.28. The SMILES string of the molecule is CCc1cc(Cl)cc(C(=O)OC)c1C#N. The van der Waals surface area contributed by atoms with Crippen LogP contribution >= 0.6 is 11.6 Å². The van der Waals surface area contributed by atoms with E-state index in [9.17, 15) is 4.79 Å². The molecule has 0 N–H and O–H groups in total. The topological polar surface area (TPSA) is 50.1 Å². The second-order valence-corrected chi connectivity index (χ2v) is 3.38. The van der Waals surface area contributed by atoms with Crippen LogP contribution in [-0.2, 0) is 11.2 Å². The first-order valence-electron chi connectivity index (χ1n) is 4.44. The molecule has 1 aromatic carbocycles. The maximum absolute atomic E-state index is 11.4. The minimum atomic E-state index is -0.538. The molecule has 4 heteroatoms. The number of rotatable bonds is 2. The number of ether oxygens (including phenoxy) is 1. The quantitative estimate of drug-likeness (QED) is 0.724. The molecule has 0 amide bonds. The Hall–Kier alpha value is -1.53. The number of aryl methyl sites for hydroxylation is 1. The van der Waals surface area contributed by atoms with Crippen LogP contribution in [-0.4, -0.2) is 13.1 Å². The van der Waals surface area contributed by atoms with Crippen LogP contribution in [0.1, 0.15) is 28.4 Å². The molecule has 0 atom stereocenters. The molecule has 0 heterocycles. The molecule has 0 aliphatic carbocycles. The van der Waals surface area contributed by atoms with Crippen molar-refractivity contribution in [2.75, 3.05) is 7.11 Å². The first kappa shape index (κ1) is 11.5. The summed E-state index contributed by atoms with van der Waals surface area (Å²) in [6.45, 7) is 1.90. The first-order chi connectivity index (χ1) is 7.13. The molecule has 15 heavy (non-hydrogen) atoms. The molecule has 1 rings (SSSR count). The molecular formula is C11H10ClNO2. The van der Waals surface area contributed by atoms with Crippen molar-refractivity contribution in [2.45, 2.75) is 13.3 Å². The normalized spacial score (nSPS) is 9.47. The van der Waals surface area contributed by atoms with E-state index in [4.69, 9.17) is 16.9 Å². The van der Waals surface area contributed by atoms with Crippen LogP contribution in [0.2, 0.25) is 5.02 Å². The van der Waals surface area contributed by atoms with Crippen molar-refractivity contribution < 1.29 is 9.53 Å². The van der Waals surface area contributed by atoms with Crippen LogP contribution in [0.5, 0.6) is 0 Å². The molecule has 78 valence electrons. The molecule has 0 unspecified atom stereocenters. The van der Waals surface area contributed by atoms with Gasteiger partial charge in [0.25, 0.3) is 0 Å². The van der Waals surface area contributed by atoms with Crippen LogP contribution in [0.3, 0.4) is 0 Å². The van der Waals surface area contributed by atoms with Gasteiger partial charge < -0.3 is 4.74 Å². The highest BCUT2D eigenvalue weighted by Gasteiger charge is 2.15. The van der Waals surface area contributed by atoms with Crippen LogP contribution in [0, 0.1) is 11.3 Å². The Morgan fingerprint density at radius 1 is 1.60 bits per heavy atom. The molecule has 0 aliphatic heterocycles. The molecule has 0 saturated heterocycles. The van der Waals surface area contributed by atoms with E-state index in [-0.39, 0.29) is 5.56 Å². The molecule has 1 aromatic rings. The van der Waals surface area contributed by atoms with Crippen molar-refractivity contribution in [2.24, 2.45) is 0 Å². The fourth-order valence-electron chi connectivity index (χ4n) is 1.35. The van der Waals surface area contributed by atoms with Crippen LogP contribution in [0.25, 0.3) is 0 Å². The molecule has 0 bridgehead atoms. The number of hydrogen-bond donors (Lipinski definition) is 0. The van der Waals surface area contributed by atoms with E-state index in [0.717, 1.165) is 5.56 Å². The smallest absolute Gasteiger partial charge is 0.339 e. The largest absolute Gasteiger partial charge is 0.465 e. The molecule has 0 saturated carbocycles. The van der Waals surface area contributed by atoms with Gasteiger partial charge in [-0.05, 0) is 24.1 Å². The average Bonchev–Trinajstić information content (AvgIpc) is 2.26. The highest BCUT2D eigenvalue weighted by molar-refractivity contribution is 6.31. The summed E-state index contributed by atoms with van der Waals surface area (Å²) in [6, 6.07) is 5.13. The van der Waals surface area contributed by atoms with Gasteiger partial charge in [0.2, 0.25) is 0 Å². The second kappa shape index (κ2) is 4.81. The number of carbonyl (C=O) groups is 1. The number of benzene rings is 1. The molecule has 0 spiro atoms. The number of methoxy groups -OCH3 is 1. The monoisotopic (exact) mass is 223 g/mol. The maximum atomic E-state index is 11.4. The van der Waals surface area contributed by atoms with Gasteiger partial charge in [0, 0.05) is 5.02 Å². The van der Waals surface area contributed by atoms with Gasteiger partial charge in [-0.2, -0.15) is 5.26 Å². The summed E-state index contributed by atoms with van der Waals surface area (Å²) in [6.07, 6.45) is 0.646. The van der Waals surface area contributed by atoms with Crippen molar-refractivity contribution in [3.05, 3.63) is 33.8 Å². The predicted molar refractivity (Wildman–Crippen MR) is 56.9 cm³/mol. The number of hydrogen-bond acceptors (Lipinski definition) is 3. The molecule has 0 fully saturated rings. The summed E-state index contributed by atoms with van der Waals surface area (Å²) in [5.41, 5.74) is 1.32.